The van der Waals surface area contributed by atoms with Crippen LogP contribution in [0.5, 0.6) is 0 Å². The molecule has 0 heterocycles. The molecule has 1 nitrogen and oxygen atoms in total. The van der Waals surface area contributed by atoms with Crippen LogP contribution in [0.2, 0.25) is 0 Å². The van der Waals surface area contributed by atoms with Crippen molar-refractivity contribution in [1.29, 1.82) is 0 Å². The first kappa shape index (κ1) is 12.9. The summed E-state index contributed by atoms with van der Waals surface area (Å²) in [5.74, 6) is -0.00138. The van der Waals surface area contributed by atoms with Gasteiger partial charge in [0.05, 0.1) is 0 Å². The minimum atomic E-state index is -2.06. The third kappa shape index (κ3) is 3.21. The molecule has 0 aromatic heterocycles. The van der Waals surface area contributed by atoms with Crippen LogP contribution < -0.4 is 0 Å². The van der Waals surface area contributed by atoms with Crippen molar-refractivity contribution in [2.45, 2.75) is 0 Å². The predicted octanol–water partition coefficient (Wildman–Crippen LogP) is 4.90. The van der Waals surface area contributed by atoms with Crippen molar-refractivity contribution in [3.63, 3.8) is 0 Å². The summed E-state index contributed by atoms with van der Waals surface area (Å²) in [5.41, 5.74) is 1.31. The quantitative estimate of drug-likeness (QED) is 0.548. The van der Waals surface area contributed by atoms with Crippen LogP contribution in [0.4, 0.5) is 0 Å². The first-order valence-electron chi connectivity index (χ1n) is 4.91. The Balaban J connectivity index is 2.35. The maximum absolute atomic E-state index is 12.2. The summed E-state index contributed by atoms with van der Waals surface area (Å²) in [6, 6.07) is 16.4. The van der Waals surface area contributed by atoms with Crippen LogP contribution in [0.15, 0.2) is 54.6 Å². The van der Waals surface area contributed by atoms with Crippen molar-refractivity contribution in [1.82, 2.24) is 0 Å². The zero-order valence-corrected chi connectivity index (χ0v) is 12.4. The third-order valence-electron chi connectivity index (χ3n) is 2.29. The van der Waals surface area contributed by atoms with Gasteiger partial charge in [-0.3, -0.25) is 0 Å². The number of rotatable bonds is 3. The molecule has 2 rings (SSSR count). The van der Waals surface area contributed by atoms with E-state index in [-0.39, 0.29) is 5.78 Å². The van der Waals surface area contributed by atoms with Crippen molar-refractivity contribution in [2.75, 3.05) is 0 Å². The summed E-state index contributed by atoms with van der Waals surface area (Å²) >= 11 is -2.06. The van der Waals surface area contributed by atoms with E-state index in [2.05, 4.69) is 0 Å². The minimum absolute atomic E-state index is 0.00138. The van der Waals surface area contributed by atoms with Gasteiger partial charge >= 0.3 is 115 Å². The Hall–Kier alpha value is -0.580. The summed E-state index contributed by atoms with van der Waals surface area (Å²) in [5, 5.41) is 0. The first-order valence-corrected chi connectivity index (χ1v) is 11.5. The number of carbonyl (C=O) groups excluding carboxylic acids is 1. The Morgan fingerprint density at radius 1 is 0.882 bits per heavy atom. The topological polar surface area (TPSA) is 17.1 Å². The van der Waals surface area contributed by atoms with Gasteiger partial charge in [0.2, 0.25) is 0 Å². The molecule has 0 spiro atoms. The summed E-state index contributed by atoms with van der Waals surface area (Å²) < 4.78 is 0.888. The molecule has 2 aromatic rings. The number of hydrogen-bond donors (Lipinski definition) is 0. The third-order valence-corrected chi connectivity index (χ3v) is 6.11. The Morgan fingerprint density at radius 3 is 2.18 bits per heavy atom. The van der Waals surface area contributed by atoms with Crippen molar-refractivity contribution < 1.29 is 4.79 Å². The number of carbonyl (C=O) groups is 1. The molecule has 0 N–H and O–H groups in total. The molecule has 0 fully saturated rings. The van der Waals surface area contributed by atoms with Gasteiger partial charge in [-0.2, -0.15) is 0 Å². The van der Waals surface area contributed by atoms with Gasteiger partial charge in [0.1, 0.15) is 0 Å². The second kappa shape index (κ2) is 5.85. The zero-order valence-electron chi connectivity index (χ0n) is 8.74. The second-order valence-electron chi connectivity index (χ2n) is 3.40. The molecule has 0 saturated carbocycles. The Kier molecular flexibility index (Phi) is 4.42. The molecule has 4 heteroatoms. The molecule has 0 radical (unpaired) electrons. The normalized spacial score (nSPS) is 11.1. The fraction of sp³-hybridized carbons (Fsp3) is 0. The summed E-state index contributed by atoms with van der Waals surface area (Å²) in [6.07, 6.45) is 0. The van der Waals surface area contributed by atoms with Gasteiger partial charge in [0, 0.05) is 0 Å². The molecule has 17 heavy (non-hydrogen) atoms. The molecule has 0 atom stereocenters. The average molecular weight is 379 g/mol. The Bertz CT molecular complexity index is 526. The van der Waals surface area contributed by atoms with Gasteiger partial charge in [-0.25, -0.2) is 0 Å². The maximum atomic E-state index is 12.2. The summed E-state index contributed by atoms with van der Waals surface area (Å²) in [6.45, 7) is 0. The van der Waals surface area contributed by atoms with E-state index in [1.165, 1.54) is 0 Å². The zero-order chi connectivity index (χ0) is 12.3. The monoisotopic (exact) mass is 378 g/mol. The van der Waals surface area contributed by atoms with E-state index < -0.39 is 17.6 Å². The molecular formula is C13H9Cl2IO. The van der Waals surface area contributed by atoms with E-state index in [4.69, 9.17) is 17.8 Å². The number of halogens is 3. The molecule has 88 valence electrons. The van der Waals surface area contributed by atoms with Gasteiger partial charge in [0.15, 0.2) is 0 Å². The fourth-order valence-corrected chi connectivity index (χ4v) is 3.72. The summed E-state index contributed by atoms with van der Waals surface area (Å²) in [4.78, 5) is 12.2. The SMILES string of the molecule is O=C(c1ccccc1)c1cccc(I(Cl)Cl)c1. The fourth-order valence-electron chi connectivity index (χ4n) is 1.47. The first-order chi connectivity index (χ1) is 8.18. The van der Waals surface area contributed by atoms with Gasteiger partial charge in [-0.15, -0.1) is 0 Å². The molecule has 2 aromatic carbocycles. The van der Waals surface area contributed by atoms with E-state index in [0.717, 1.165) is 3.57 Å². The van der Waals surface area contributed by atoms with Gasteiger partial charge in [-0.1, -0.05) is 0 Å². The van der Waals surface area contributed by atoms with Crippen LogP contribution in [-0.2, 0) is 0 Å². The average Bonchev–Trinajstić information content (AvgIpc) is 2.39. The standard InChI is InChI=1S/C13H9Cl2IO/c14-16(15)12-8-4-7-11(9-12)13(17)10-5-2-1-3-6-10/h1-9H. The van der Waals surface area contributed by atoms with E-state index in [9.17, 15) is 4.79 Å². The number of ketones is 1. The predicted molar refractivity (Wildman–Crippen MR) is 80.7 cm³/mol. The second-order valence-corrected chi connectivity index (χ2v) is 10.6. The van der Waals surface area contributed by atoms with Crippen LogP contribution in [0.3, 0.4) is 0 Å². The molecule has 0 unspecified atom stereocenters. The van der Waals surface area contributed by atoms with Crippen LogP contribution in [0.1, 0.15) is 15.9 Å². The van der Waals surface area contributed by atoms with Crippen LogP contribution in [-0.4, -0.2) is 5.78 Å². The van der Waals surface area contributed by atoms with Crippen molar-refractivity contribution in [3.8, 4) is 0 Å². The van der Waals surface area contributed by atoms with E-state index in [0.29, 0.717) is 11.1 Å². The molecule has 0 aliphatic carbocycles. The molecule has 0 amide bonds. The van der Waals surface area contributed by atoms with Crippen molar-refractivity contribution in [2.24, 2.45) is 0 Å². The van der Waals surface area contributed by atoms with E-state index in [1.807, 2.05) is 30.3 Å². The van der Waals surface area contributed by atoms with Crippen LogP contribution in [0.25, 0.3) is 0 Å². The van der Waals surface area contributed by atoms with Crippen molar-refractivity contribution >= 4 is 41.2 Å². The molecular weight excluding hydrogens is 370 g/mol. The molecule has 0 saturated heterocycles. The Labute approximate surface area is 115 Å². The van der Waals surface area contributed by atoms with Crippen molar-refractivity contribution in [3.05, 3.63) is 69.3 Å². The van der Waals surface area contributed by atoms with E-state index >= 15 is 0 Å². The summed E-state index contributed by atoms with van der Waals surface area (Å²) in [7, 11) is 11.9. The van der Waals surface area contributed by atoms with Crippen LogP contribution in [0, 0.1) is 3.57 Å². The molecule has 0 aliphatic heterocycles. The van der Waals surface area contributed by atoms with E-state index in [1.54, 1.807) is 24.3 Å². The van der Waals surface area contributed by atoms with Crippen LogP contribution >= 0.6 is 35.4 Å². The van der Waals surface area contributed by atoms with Gasteiger partial charge in [0.25, 0.3) is 0 Å². The van der Waals surface area contributed by atoms with Gasteiger partial charge in [-0.05, 0) is 0 Å². The van der Waals surface area contributed by atoms with Gasteiger partial charge < -0.3 is 0 Å². The Morgan fingerprint density at radius 2 is 1.53 bits per heavy atom. The molecule has 0 bridgehead atoms. The number of hydrogen-bond acceptors (Lipinski definition) is 1. The molecule has 0 aliphatic rings. The number of benzene rings is 2.